The van der Waals surface area contributed by atoms with Crippen LogP contribution in [0.25, 0.3) is 0 Å². The summed E-state index contributed by atoms with van der Waals surface area (Å²) in [5, 5.41) is 0. The van der Waals surface area contributed by atoms with E-state index in [0.717, 1.165) is 12.2 Å². The van der Waals surface area contributed by atoms with Crippen molar-refractivity contribution in [3.63, 3.8) is 0 Å². The fourth-order valence-corrected chi connectivity index (χ4v) is 1.68. The van der Waals surface area contributed by atoms with Crippen molar-refractivity contribution in [1.29, 1.82) is 0 Å². The first-order valence-corrected chi connectivity index (χ1v) is 5.41. The minimum Gasteiger partial charge on any atom is -0.333 e. The molecule has 17 heavy (non-hydrogen) atoms. The van der Waals surface area contributed by atoms with Gasteiger partial charge in [-0.25, -0.2) is 9.78 Å². The molecule has 6 nitrogen and oxygen atoms in total. The van der Waals surface area contributed by atoms with E-state index in [1.807, 2.05) is 11.5 Å². The SMILES string of the molecule is CCn1cncc1Cn1cc(C)c(=O)[nH]c1=O. The second kappa shape index (κ2) is 4.40. The number of aryl methyl sites for hydroxylation is 2. The van der Waals surface area contributed by atoms with Crippen LogP contribution in [0.4, 0.5) is 0 Å². The highest BCUT2D eigenvalue weighted by Crippen LogP contribution is 2.00. The van der Waals surface area contributed by atoms with Crippen molar-refractivity contribution in [1.82, 2.24) is 19.1 Å². The van der Waals surface area contributed by atoms with Crippen LogP contribution in [0, 0.1) is 6.92 Å². The highest BCUT2D eigenvalue weighted by Gasteiger charge is 2.05. The summed E-state index contributed by atoms with van der Waals surface area (Å²) in [4.78, 5) is 29.1. The third kappa shape index (κ3) is 2.20. The van der Waals surface area contributed by atoms with Gasteiger partial charge in [0.2, 0.25) is 0 Å². The minimum absolute atomic E-state index is 0.338. The Labute approximate surface area is 97.6 Å². The van der Waals surface area contributed by atoms with Crippen molar-refractivity contribution >= 4 is 0 Å². The van der Waals surface area contributed by atoms with Crippen molar-refractivity contribution < 1.29 is 0 Å². The molecule has 2 heterocycles. The van der Waals surface area contributed by atoms with Crippen molar-refractivity contribution in [3.05, 3.63) is 50.8 Å². The molecule has 0 unspecified atom stereocenters. The zero-order valence-electron chi connectivity index (χ0n) is 9.80. The zero-order valence-corrected chi connectivity index (χ0v) is 9.80. The molecule has 6 heteroatoms. The van der Waals surface area contributed by atoms with Crippen LogP contribution in [0.5, 0.6) is 0 Å². The maximum Gasteiger partial charge on any atom is 0.328 e. The molecular weight excluding hydrogens is 220 g/mol. The summed E-state index contributed by atoms with van der Waals surface area (Å²) in [7, 11) is 0. The van der Waals surface area contributed by atoms with E-state index in [4.69, 9.17) is 0 Å². The van der Waals surface area contributed by atoms with Crippen LogP contribution in [-0.2, 0) is 13.1 Å². The maximum absolute atomic E-state index is 11.6. The predicted molar refractivity (Wildman–Crippen MR) is 63.1 cm³/mol. The average Bonchev–Trinajstić information content (AvgIpc) is 2.73. The fraction of sp³-hybridized carbons (Fsp3) is 0.364. The molecule has 90 valence electrons. The fourth-order valence-electron chi connectivity index (χ4n) is 1.68. The van der Waals surface area contributed by atoms with Crippen LogP contribution in [0.2, 0.25) is 0 Å². The van der Waals surface area contributed by atoms with E-state index in [-0.39, 0.29) is 5.56 Å². The first-order valence-electron chi connectivity index (χ1n) is 5.41. The second-order valence-corrected chi connectivity index (χ2v) is 3.87. The lowest BCUT2D eigenvalue weighted by atomic mass is 10.3. The van der Waals surface area contributed by atoms with Gasteiger partial charge >= 0.3 is 5.69 Å². The molecule has 0 radical (unpaired) electrons. The van der Waals surface area contributed by atoms with E-state index in [9.17, 15) is 9.59 Å². The Kier molecular flexibility index (Phi) is 2.95. The summed E-state index contributed by atoms with van der Waals surface area (Å²) < 4.78 is 3.42. The molecular formula is C11H14N4O2. The van der Waals surface area contributed by atoms with Crippen molar-refractivity contribution in [2.24, 2.45) is 0 Å². The van der Waals surface area contributed by atoms with Crippen molar-refractivity contribution in [2.45, 2.75) is 26.9 Å². The van der Waals surface area contributed by atoms with E-state index in [1.165, 1.54) is 4.57 Å². The molecule has 0 bridgehead atoms. The van der Waals surface area contributed by atoms with Gasteiger partial charge in [0.25, 0.3) is 5.56 Å². The summed E-state index contributed by atoms with van der Waals surface area (Å²) in [5.41, 5.74) is 0.716. The Balaban J connectivity index is 2.40. The highest BCUT2D eigenvalue weighted by atomic mass is 16.2. The summed E-state index contributed by atoms with van der Waals surface area (Å²) in [6.45, 7) is 4.88. The van der Waals surface area contributed by atoms with Gasteiger partial charge < -0.3 is 4.57 Å². The molecule has 0 aliphatic carbocycles. The maximum atomic E-state index is 11.6. The van der Waals surface area contributed by atoms with Gasteiger partial charge in [0.15, 0.2) is 0 Å². The number of aromatic nitrogens is 4. The molecule has 0 amide bonds. The Hall–Kier alpha value is -2.11. The number of hydrogen-bond acceptors (Lipinski definition) is 3. The Bertz CT molecular complexity index is 635. The summed E-state index contributed by atoms with van der Waals surface area (Å²) >= 11 is 0. The van der Waals surface area contributed by atoms with Crippen molar-refractivity contribution in [3.8, 4) is 0 Å². The quantitative estimate of drug-likeness (QED) is 0.819. The monoisotopic (exact) mass is 234 g/mol. The number of rotatable bonds is 3. The molecule has 2 aromatic rings. The summed E-state index contributed by atoms with van der Waals surface area (Å²) in [5.74, 6) is 0. The molecule has 0 saturated carbocycles. The standard InChI is InChI=1S/C11H14N4O2/c1-3-14-7-12-4-9(14)6-15-5-8(2)10(16)13-11(15)17/h4-5,7H,3,6H2,1-2H3,(H,13,16,17). The lowest BCUT2D eigenvalue weighted by molar-refractivity contribution is 0.640. The first-order chi connectivity index (χ1) is 8.11. The van der Waals surface area contributed by atoms with Gasteiger partial charge in [-0.15, -0.1) is 0 Å². The van der Waals surface area contributed by atoms with Crippen LogP contribution in [0.15, 0.2) is 28.3 Å². The highest BCUT2D eigenvalue weighted by molar-refractivity contribution is 5.04. The smallest absolute Gasteiger partial charge is 0.328 e. The number of H-pyrrole nitrogens is 1. The third-order valence-corrected chi connectivity index (χ3v) is 2.66. The topological polar surface area (TPSA) is 72.7 Å². The largest absolute Gasteiger partial charge is 0.333 e. The lowest BCUT2D eigenvalue weighted by Gasteiger charge is -2.07. The Morgan fingerprint density at radius 3 is 2.82 bits per heavy atom. The molecule has 0 saturated heterocycles. The Morgan fingerprint density at radius 2 is 2.12 bits per heavy atom. The van der Waals surface area contributed by atoms with E-state index >= 15 is 0 Å². The third-order valence-electron chi connectivity index (χ3n) is 2.66. The Morgan fingerprint density at radius 1 is 1.35 bits per heavy atom. The van der Waals surface area contributed by atoms with Crippen LogP contribution in [0.3, 0.4) is 0 Å². The van der Waals surface area contributed by atoms with Crippen LogP contribution >= 0.6 is 0 Å². The van der Waals surface area contributed by atoms with Crippen LogP contribution in [0.1, 0.15) is 18.2 Å². The predicted octanol–water partition coefficient (Wildman–Crippen LogP) is 0.110. The molecule has 0 fully saturated rings. The number of aromatic amines is 1. The van der Waals surface area contributed by atoms with E-state index in [2.05, 4.69) is 9.97 Å². The van der Waals surface area contributed by atoms with Gasteiger partial charge in [0, 0.05) is 24.5 Å². The minimum atomic E-state index is -0.399. The molecule has 1 N–H and O–H groups in total. The van der Waals surface area contributed by atoms with Crippen molar-refractivity contribution in [2.75, 3.05) is 0 Å². The van der Waals surface area contributed by atoms with E-state index < -0.39 is 5.69 Å². The number of hydrogen-bond donors (Lipinski definition) is 1. The molecule has 2 aromatic heterocycles. The molecule has 0 aliphatic rings. The molecule has 0 aliphatic heterocycles. The molecule has 0 atom stereocenters. The van der Waals surface area contributed by atoms with Gasteiger partial charge in [-0.05, 0) is 13.8 Å². The van der Waals surface area contributed by atoms with Gasteiger partial charge in [-0.3, -0.25) is 14.3 Å². The van der Waals surface area contributed by atoms with Crippen LogP contribution in [-0.4, -0.2) is 19.1 Å². The number of nitrogens with zero attached hydrogens (tertiary/aromatic N) is 3. The zero-order chi connectivity index (χ0) is 12.4. The number of imidazole rings is 1. The summed E-state index contributed by atoms with van der Waals surface area (Å²) in [6, 6.07) is 0. The first kappa shape index (κ1) is 11.4. The van der Waals surface area contributed by atoms with E-state index in [0.29, 0.717) is 12.1 Å². The van der Waals surface area contributed by atoms with Gasteiger partial charge in [-0.2, -0.15) is 0 Å². The van der Waals surface area contributed by atoms with Gasteiger partial charge in [0.05, 0.1) is 18.6 Å². The summed E-state index contributed by atoms with van der Waals surface area (Å²) in [6.07, 6.45) is 5.00. The number of nitrogens with one attached hydrogen (secondary N) is 1. The lowest BCUT2D eigenvalue weighted by Crippen LogP contribution is -2.31. The average molecular weight is 234 g/mol. The second-order valence-electron chi connectivity index (χ2n) is 3.87. The molecule has 0 aromatic carbocycles. The van der Waals surface area contributed by atoms with E-state index in [1.54, 1.807) is 25.6 Å². The molecule has 0 spiro atoms. The van der Waals surface area contributed by atoms with Gasteiger partial charge in [-0.1, -0.05) is 0 Å². The van der Waals surface area contributed by atoms with Gasteiger partial charge in [0.1, 0.15) is 0 Å². The molecule has 2 rings (SSSR count). The van der Waals surface area contributed by atoms with Crippen LogP contribution < -0.4 is 11.2 Å². The normalized spacial score (nSPS) is 10.7.